The van der Waals surface area contributed by atoms with Crippen molar-refractivity contribution in [2.75, 3.05) is 0 Å². The number of rotatable bonds is 2. The normalized spacial score (nSPS) is 26.1. The van der Waals surface area contributed by atoms with Crippen LogP contribution in [-0.2, 0) is 5.41 Å². The summed E-state index contributed by atoms with van der Waals surface area (Å²) in [4.78, 5) is 0. The van der Waals surface area contributed by atoms with Crippen LogP contribution in [0.25, 0.3) is 0 Å². The molecule has 92 valence electrons. The summed E-state index contributed by atoms with van der Waals surface area (Å²) in [6.45, 7) is 6.69. The Morgan fingerprint density at radius 2 is 1.33 bits per heavy atom. The average Bonchev–Trinajstić information content (AvgIpc) is 3.04. The molecule has 18 heavy (non-hydrogen) atoms. The Morgan fingerprint density at radius 3 is 1.89 bits per heavy atom. The lowest BCUT2D eigenvalue weighted by molar-refractivity contribution is 0.748. The summed E-state index contributed by atoms with van der Waals surface area (Å²) in [7, 11) is 0. The van der Waals surface area contributed by atoms with Gasteiger partial charge in [0.05, 0.1) is 0 Å². The third-order valence-electron chi connectivity index (χ3n) is 4.43. The second-order valence-corrected chi connectivity index (χ2v) is 5.95. The Hall–Kier alpha value is -1.56. The third kappa shape index (κ3) is 1.86. The molecule has 3 rings (SSSR count). The summed E-state index contributed by atoms with van der Waals surface area (Å²) in [6.07, 6.45) is 1.28. The van der Waals surface area contributed by atoms with Crippen molar-refractivity contribution in [3.63, 3.8) is 0 Å². The molecule has 2 unspecified atom stereocenters. The highest BCUT2D eigenvalue weighted by Gasteiger charge is 2.51. The van der Waals surface area contributed by atoms with Crippen molar-refractivity contribution >= 4 is 0 Å². The van der Waals surface area contributed by atoms with Crippen molar-refractivity contribution in [2.45, 2.75) is 38.5 Å². The van der Waals surface area contributed by atoms with Gasteiger partial charge in [0, 0.05) is 0 Å². The van der Waals surface area contributed by atoms with Crippen LogP contribution in [0.5, 0.6) is 0 Å². The van der Waals surface area contributed by atoms with E-state index in [2.05, 4.69) is 69.3 Å². The Bertz CT molecular complexity index is 548. The van der Waals surface area contributed by atoms with Gasteiger partial charge in [0.2, 0.25) is 0 Å². The maximum Gasteiger partial charge on any atom is -0.0000203 e. The van der Waals surface area contributed by atoms with Crippen LogP contribution in [0.15, 0.2) is 48.5 Å². The summed E-state index contributed by atoms with van der Waals surface area (Å²) < 4.78 is 0. The summed E-state index contributed by atoms with van der Waals surface area (Å²) in [5, 5.41) is 0. The molecule has 1 aliphatic carbocycles. The molecule has 0 N–H and O–H groups in total. The van der Waals surface area contributed by atoms with E-state index in [9.17, 15) is 0 Å². The minimum atomic E-state index is 0.350. The first-order chi connectivity index (χ1) is 8.59. The van der Waals surface area contributed by atoms with Gasteiger partial charge in [-0.1, -0.05) is 66.6 Å². The Labute approximate surface area is 110 Å². The van der Waals surface area contributed by atoms with Crippen molar-refractivity contribution in [3.05, 3.63) is 70.8 Å². The largest absolute Gasteiger partial charge is 0.0590 e. The van der Waals surface area contributed by atoms with Gasteiger partial charge in [0.1, 0.15) is 0 Å². The fourth-order valence-electron chi connectivity index (χ4n) is 2.90. The lowest BCUT2D eigenvalue weighted by atomic mass is 9.92. The molecule has 0 nitrogen and oxygen atoms in total. The van der Waals surface area contributed by atoms with Crippen LogP contribution in [0.4, 0.5) is 0 Å². The van der Waals surface area contributed by atoms with Gasteiger partial charge in [-0.25, -0.2) is 0 Å². The van der Waals surface area contributed by atoms with Gasteiger partial charge in [0.15, 0.2) is 0 Å². The van der Waals surface area contributed by atoms with E-state index in [4.69, 9.17) is 0 Å². The predicted molar refractivity (Wildman–Crippen MR) is 77.1 cm³/mol. The molecule has 1 saturated carbocycles. The first-order valence-electron chi connectivity index (χ1n) is 6.73. The molecule has 0 aromatic heterocycles. The number of hydrogen-bond donors (Lipinski definition) is 0. The topological polar surface area (TPSA) is 0 Å². The molecule has 0 heterocycles. The SMILES string of the molecule is Cc1ccc(C2CC2(C)c2ccc(C)cc2)cc1. The number of aryl methyl sites for hydroxylation is 2. The molecule has 0 heteroatoms. The van der Waals surface area contributed by atoms with Crippen LogP contribution in [0.3, 0.4) is 0 Å². The Kier molecular flexibility index (Phi) is 2.55. The third-order valence-corrected chi connectivity index (χ3v) is 4.43. The van der Waals surface area contributed by atoms with Gasteiger partial charge in [-0.05, 0) is 42.7 Å². The zero-order valence-corrected chi connectivity index (χ0v) is 11.4. The van der Waals surface area contributed by atoms with E-state index < -0.39 is 0 Å². The fourth-order valence-corrected chi connectivity index (χ4v) is 2.90. The summed E-state index contributed by atoms with van der Waals surface area (Å²) >= 11 is 0. The Balaban J connectivity index is 1.87. The van der Waals surface area contributed by atoms with E-state index in [0.29, 0.717) is 11.3 Å². The minimum Gasteiger partial charge on any atom is -0.0590 e. The molecule has 2 aromatic rings. The molecular weight excluding hydrogens is 216 g/mol. The fraction of sp³-hybridized carbons (Fsp3) is 0.333. The molecule has 2 aromatic carbocycles. The molecule has 0 bridgehead atoms. The summed E-state index contributed by atoms with van der Waals surface area (Å²) in [5.74, 6) is 0.695. The van der Waals surface area contributed by atoms with Gasteiger partial charge in [0.25, 0.3) is 0 Å². The molecule has 0 aliphatic heterocycles. The quantitative estimate of drug-likeness (QED) is 0.706. The summed E-state index contributed by atoms with van der Waals surface area (Å²) in [5.41, 5.74) is 6.01. The van der Waals surface area contributed by atoms with Crippen molar-refractivity contribution in [1.29, 1.82) is 0 Å². The number of hydrogen-bond acceptors (Lipinski definition) is 0. The van der Waals surface area contributed by atoms with E-state index in [1.165, 1.54) is 28.7 Å². The van der Waals surface area contributed by atoms with Crippen LogP contribution in [0.2, 0.25) is 0 Å². The van der Waals surface area contributed by atoms with Crippen molar-refractivity contribution in [3.8, 4) is 0 Å². The van der Waals surface area contributed by atoms with E-state index in [0.717, 1.165) is 0 Å². The van der Waals surface area contributed by atoms with E-state index in [1.54, 1.807) is 0 Å². The smallest absolute Gasteiger partial charge is 0.0000203 e. The van der Waals surface area contributed by atoms with Crippen LogP contribution in [0, 0.1) is 13.8 Å². The molecular formula is C18H20. The average molecular weight is 236 g/mol. The second-order valence-electron chi connectivity index (χ2n) is 5.95. The first kappa shape index (κ1) is 11.5. The maximum atomic E-state index is 2.39. The molecule has 1 fully saturated rings. The minimum absolute atomic E-state index is 0.350. The monoisotopic (exact) mass is 236 g/mol. The van der Waals surface area contributed by atoms with Crippen LogP contribution >= 0.6 is 0 Å². The van der Waals surface area contributed by atoms with E-state index >= 15 is 0 Å². The van der Waals surface area contributed by atoms with Crippen molar-refractivity contribution in [1.82, 2.24) is 0 Å². The van der Waals surface area contributed by atoms with Crippen LogP contribution in [0.1, 0.15) is 41.5 Å². The van der Waals surface area contributed by atoms with Crippen LogP contribution < -0.4 is 0 Å². The highest BCUT2D eigenvalue weighted by molar-refractivity contribution is 5.43. The van der Waals surface area contributed by atoms with Crippen molar-refractivity contribution in [2.24, 2.45) is 0 Å². The van der Waals surface area contributed by atoms with E-state index in [1.807, 2.05) is 0 Å². The van der Waals surface area contributed by atoms with Gasteiger partial charge in [-0.15, -0.1) is 0 Å². The zero-order valence-electron chi connectivity index (χ0n) is 11.4. The highest BCUT2D eigenvalue weighted by atomic mass is 14.5. The van der Waals surface area contributed by atoms with E-state index in [-0.39, 0.29) is 0 Å². The van der Waals surface area contributed by atoms with Gasteiger partial charge in [-0.3, -0.25) is 0 Å². The molecule has 0 spiro atoms. The Morgan fingerprint density at radius 1 is 0.833 bits per heavy atom. The van der Waals surface area contributed by atoms with Gasteiger partial charge in [-0.2, -0.15) is 0 Å². The lowest BCUT2D eigenvalue weighted by Gasteiger charge is -2.12. The molecule has 0 amide bonds. The first-order valence-corrected chi connectivity index (χ1v) is 6.73. The molecule has 0 saturated heterocycles. The molecule has 2 atom stereocenters. The molecule has 0 radical (unpaired) electrons. The predicted octanol–water partition coefficient (Wildman–Crippen LogP) is 4.75. The lowest BCUT2D eigenvalue weighted by Crippen LogP contribution is -2.03. The zero-order chi connectivity index (χ0) is 12.8. The number of benzene rings is 2. The second kappa shape index (κ2) is 3.98. The van der Waals surface area contributed by atoms with Crippen LogP contribution in [-0.4, -0.2) is 0 Å². The standard InChI is InChI=1S/C18H20/c1-13-4-8-15(9-5-13)17-12-18(17,3)16-10-6-14(2)7-11-16/h4-11,17H,12H2,1-3H3. The van der Waals surface area contributed by atoms with Crippen molar-refractivity contribution < 1.29 is 0 Å². The highest BCUT2D eigenvalue weighted by Crippen LogP contribution is 2.60. The molecule has 1 aliphatic rings. The summed E-state index contributed by atoms with van der Waals surface area (Å²) in [6, 6.07) is 18.1. The van der Waals surface area contributed by atoms with Gasteiger partial charge < -0.3 is 0 Å². The maximum absolute atomic E-state index is 2.39. The van der Waals surface area contributed by atoms with Gasteiger partial charge >= 0.3 is 0 Å².